The van der Waals surface area contributed by atoms with E-state index in [9.17, 15) is 8.42 Å². The predicted molar refractivity (Wildman–Crippen MR) is 85.9 cm³/mol. The first kappa shape index (κ1) is 16.2. The van der Waals surface area contributed by atoms with Crippen LogP contribution in [0.4, 0.5) is 0 Å². The summed E-state index contributed by atoms with van der Waals surface area (Å²) in [6.07, 6.45) is 7.26. The summed E-state index contributed by atoms with van der Waals surface area (Å²) >= 11 is 6.29. The highest BCUT2D eigenvalue weighted by Crippen LogP contribution is 2.36. The molecular weight excluding hydrogens is 324 g/mol. The molecule has 124 valence electrons. The Balaban J connectivity index is 1.98. The number of rotatable bonds is 3. The zero-order valence-corrected chi connectivity index (χ0v) is 14.5. The molecule has 0 amide bonds. The molecule has 2 aliphatic heterocycles. The Morgan fingerprint density at radius 3 is 2.45 bits per heavy atom. The fourth-order valence-corrected chi connectivity index (χ4v) is 5.69. The van der Waals surface area contributed by atoms with Gasteiger partial charge in [0.1, 0.15) is 0 Å². The Morgan fingerprint density at radius 2 is 1.82 bits per heavy atom. The van der Waals surface area contributed by atoms with Gasteiger partial charge < -0.3 is 0 Å². The van der Waals surface area contributed by atoms with E-state index in [4.69, 9.17) is 11.6 Å². The molecule has 3 rings (SSSR count). The molecule has 6 nitrogen and oxygen atoms in total. The molecule has 1 aromatic heterocycles. The molecule has 0 aliphatic carbocycles. The molecule has 0 bridgehead atoms. The number of hydrogen-bond acceptors (Lipinski definition) is 3. The maximum atomic E-state index is 13.0. The van der Waals surface area contributed by atoms with E-state index in [1.807, 2.05) is 7.05 Å². The average Bonchev–Trinajstić information content (AvgIpc) is 3.05. The first-order valence-corrected chi connectivity index (χ1v) is 9.73. The summed E-state index contributed by atoms with van der Waals surface area (Å²) in [4.78, 5) is 0. The van der Waals surface area contributed by atoms with Gasteiger partial charge in [-0.1, -0.05) is 24.4 Å². The lowest BCUT2D eigenvalue weighted by Gasteiger charge is -2.32. The van der Waals surface area contributed by atoms with Crippen LogP contribution in [0.3, 0.4) is 0 Å². The summed E-state index contributed by atoms with van der Waals surface area (Å²) in [7, 11) is -1.60. The van der Waals surface area contributed by atoms with E-state index in [2.05, 4.69) is 5.10 Å². The van der Waals surface area contributed by atoms with Crippen LogP contribution in [0.5, 0.6) is 0 Å². The Hall–Kier alpha value is -0.630. The van der Waals surface area contributed by atoms with Crippen LogP contribution in [0.25, 0.3) is 0 Å². The molecule has 2 aliphatic rings. The van der Waals surface area contributed by atoms with Crippen LogP contribution in [0.15, 0.2) is 6.20 Å². The second kappa shape index (κ2) is 6.47. The van der Waals surface area contributed by atoms with E-state index in [-0.39, 0.29) is 6.04 Å². The minimum Gasteiger partial charge on any atom is -0.269 e. The molecule has 1 aromatic rings. The third-order valence-electron chi connectivity index (χ3n) is 4.64. The molecule has 2 fully saturated rings. The van der Waals surface area contributed by atoms with Crippen molar-refractivity contribution in [2.45, 2.75) is 44.6 Å². The van der Waals surface area contributed by atoms with Gasteiger partial charge in [0.15, 0.2) is 0 Å². The number of aromatic nitrogens is 2. The van der Waals surface area contributed by atoms with Crippen molar-refractivity contribution in [2.24, 2.45) is 7.05 Å². The third-order valence-corrected chi connectivity index (χ3v) is 6.98. The average molecular weight is 347 g/mol. The molecule has 0 radical (unpaired) electrons. The third kappa shape index (κ3) is 2.91. The minimum absolute atomic E-state index is 0.215. The topological polar surface area (TPSA) is 58.4 Å². The predicted octanol–water partition coefficient (Wildman–Crippen LogP) is 2.33. The van der Waals surface area contributed by atoms with Gasteiger partial charge in [-0.15, -0.1) is 0 Å². The van der Waals surface area contributed by atoms with E-state index in [0.717, 1.165) is 44.2 Å². The zero-order chi connectivity index (χ0) is 15.7. The molecule has 0 unspecified atom stereocenters. The van der Waals surface area contributed by atoms with E-state index < -0.39 is 10.2 Å². The Labute approximate surface area is 137 Å². The highest BCUT2D eigenvalue weighted by molar-refractivity contribution is 7.86. The van der Waals surface area contributed by atoms with Crippen LogP contribution < -0.4 is 0 Å². The Bertz CT molecular complexity index is 605. The van der Waals surface area contributed by atoms with Crippen molar-refractivity contribution in [1.82, 2.24) is 18.4 Å². The van der Waals surface area contributed by atoms with Crippen molar-refractivity contribution in [1.29, 1.82) is 0 Å². The van der Waals surface area contributed by atoms with Gasteiger partial charge in [0, 0.05) is 26.7 Å². The van der Waals surface area contributed by atoms with Gasteiger partial charge >= 0.3 is 0 Å². The van der Waals surface area contributed by atoms with E-state index in [1.165, 1.54) is 0 Å². The van der Waals surface area contributed by atoms with Gasteiger partial charge in [-0.25, -0.2) is 0 Å². The standard InChI is InChI=1S/C14H23ClN4O2S/c1-17-14(12(15)11-16-17)13-7-3-2-4-10-19(13)22(20,21)18-8-5-6-9-18/h11,13H,2-10H2,1H3/t13-/m0/s1. The summed E-state index contributed by atoms with van der Waals surface area (Å²) in [6.45, 7) is 1.82. The van der Waals surface area contributed by atoms with Crippen molar-refractivity contribution < 1.29 is 8.42 Å². The van der Waals surface area contributed by atoms with E-state index in [1.54, 1.807) is 19.5 Å². The maximum Gasteiger partial charge on any atom is 0.282 e. The van der Waals surface area contributed by atoms with Crippen molar-refractivity contribution in [3.63, 3.8) is 0 Å². The molecule has 2 saturated heterocycles. The fraction of sp³-hybridized carbons (Fsp3) is 0.786. The smallest absolute Gasteiger partial charge is 0.269 e. The Morgan fingerprint density at radius 1 is 1.14 bits per heavy atom. The quantitative estimate of drug-likeness (QED) is 0.844. The van der Waals surface area contributed by atoms with Crippen LogP contribution in [0.1, 0.15) is 50.3 Å². The number of hydrogen-bond donors (Lipinski definition) is 0. The molecule has 22 heavy (non-hydrogen) atoms. The van der Waals surface area contributed by atoms with Crippen LogP contribution in [-0.2, 0) is 17.3 Å². The molecular formula is C14H23ClN4O2S. The minimum atomic E-state index is -3.43. The molecule has 3 heterocycles. The Kier molecular flexibility index (Phi) is 4.77. The SMILES string of the molecule is Cn1ncc(Cl)c1[C@@H]1CCCCCN1S(=O)(=O)N1CCCC1. The van der Waals surface area contributed by atoms with Crippen molar-refractivity contribution in [3.8, 4) is 0 Å². The molecule has 0 saturated carbocycles. The number of nitrogens with zero attached hydrogens (tertiary/aromatic N) is 4. The van der Waals surface area contributed by atoms with E-state index >= 15 is 0 Å². The second-order valence-corrected chi connectivity index (χ2v) is 8.38. The van der Waals surface area contributed by atoms with Crippen molar-refractivity contribution >= 4 is 21.8 Å². The van der Waals surface area contributed by atoms with Crippen LogP contribution in [-0.4, -0.2) is 46.4 Å². The first-order chi connectivity index (χ1) is 10.5. The molecule has 1 atom stereocenters. The van der Waals surface area contributed by atoms with Crippen LogP contribution >= 0.6 is 11.6 Å². The van der Waals surface area contributed by atoms with Crippen LogP contribution in [0.2, 0.25) is 5.02 Å². The summed E-state index contributed by atoms with van der Waals surface area (Å²) in [6, 6.07) is -0.215. The van der Waals surface area contributed by atoms with Crippen LogP contribution in [0, 0.1) is 0 Å². The van der Waals surface area contributed by atoms with Gasteiger partial charge in [-0.3, -0.25) is 4.68 Å². The lowest BCUT2D eigenvalue weighted by atomic mass is 10.1. The normalized spacial score (nSPS) is 25.5. The number of aryl methyl sites for hydroxylation is 1. The fourth-order valence-electron chi connectivity index (χ4n) is 3.49. The van der Waals surface area contributed by atoms with E-state index in [0.29, 0.717) is 24.7 Å². The van der Waals surface area contributed by atoms with Gasteiger partial charge in [0.2, 0.25) is 0 Å². The lowest BCUT2D eigenvalue weighted by Crippen LogP contribution is -2.44. The van der Waals surface area contributed by atoms with Gasteiger partial charge in [-0.05, 0) is 25.7 Å². The molecule has 0 spiro atoms. The molecule has 0 aromatic carbocycles. The lowest BCUT2D eigenvalue weighted by molar-refractivity contribution is 0.289. The van der Waals surface area contributed by atoms with Gasteiger partial charge in [-0.2, -0.15) is 22.1 Å². The van der Waals surface area contributed by atoms with Gasteiger partial charge in [0.25, 0.3) is 10.2 Å². The highest BCUT2D eigenvalue weighted by atomic mass is 35.5. The summed E-state index contributed by atoms with van der Waals surface area (Å²) < 4.78 is 31.1. The maximum absolute atomic E-state index is 13.0. The molecule has 0 N–H and O–H groups in total. The summed E-state index contributed by atoms with van der Waals surface area (Å²) in [5.74, 6) is 0. The number of halogens is 1. The molecule has 8 heteroatoms. The summed E-state index contributed by atoms with van der Waals surface area (Å²) in [5.41, 5.74) is 0.811. The largest absolute Gasteiger partial charge is 0.282 e. The van der Waals surface area contributed by atoms with Gasteiger partial charge in [0.05, 0.1) is 23.0 Å². The summed E-state index contributed by atoms with van der Waals surface area (Å²) in [5, 5.41) is 4.74. The zero-order valence-electron chi connectivity index (χ0n) is 12.9. The van der Waals surface area contributed by atoms with Crippen molar-refractivity contribution in [3.05, 3.63) is 16.9 Å². The first-order valence-electron chi connectivity index (χ1n) is 7.96. The second-order valence-electron chi connectivity index (χ2n) is 6.09. The highest BCUT2D eigenvalue weighted by Gasteiger charge is 2.39. The van der Waals surface area contributed by atoms with Crippen molar-refractivity contribution in [2.75, 3.05) is 19.6 Å². The monoisotopic (exact) mass is 346 g/mol.